The van der Waals surface area contributed by atoms with Gasteiger partial charge in [-0.05, 0) is 32.3 Å². The molecule has 0 fully saturated rings. The van der Waals surface area contributed by atoms with Gasteiger partial charge in [-0.1, -0.05) is 50.1 Å². The number of hydrogen-bond acceptors (Lipinski definition) is 5. The van der Waals surface area contributed by atoms with Crippen molar-refractivity contribution in [3.63, 3.8) is 0 Å². The molecule has 2 aromatic rings. The van der Waals surface area contributed by atoms with Gasteiger partial charge in [-0.25, -0.2) is 4.98 Å². The first-order valence-corrected chi connectivity index (χ1v) is 10.7. The maximum atomic E-state index is 12.1. The second-order valence-corrected chi connectivity index (χ2v) is 7.79. The van der Waals surface area contributed by atoms with Crippen LogP contribution in [0.25, 0.3) is 0 Å². The van der Waals surface area contributed by atoms with E-state index in [-0.39, 0.29) is 5.91 Å². The van der Waals surface area contributed by atoms with Crippen LogP contribution in [0.2, 0.25) is 0 Å². The summed E-state index contributed by atoms with van der Waals surface area (Å²) in [6.45, 7) is 9.99. The fourth-order valence-corrected chi connectivity index (χ4v) is 3.58. The maximum Gasteiger partial charge on any atom is 0.221 e. The third-order valence-corrected chi connectivity index (χ3v) is 5.53. The molecule has 1 unspecified atom stereocenters. The zero-order chi connectivity index (χ0) is 19.6. The molecule has 27 heavy (non-hydrogen) atoms. The fourth-order valence-electron chi connectivity index (χ4n) is 2.76. The van der Waals surface area contributed by atoms with Crippen molar-refractivity contribution in [2.45, 2.75) is 65.8 Å². The van der Waals surface area contributed by atoms with Gasteiger partial charge in [0.15, 0.2) is 0 Å². The Labute approximate surface area is 167 Å². The van der Waals surface area contributed by atoms with E-state index in [2.05, 4.69) is 66.6 Å². The molecule has 0 spiro atoms. The van der Waals surface area contributed by atoms with Crippen LogP contribution in [0.1, 0.15) is 63.4 Å². The van der Waals surface area contributed by atoms with E-state index in [9.17, 15) is 4.79 Å². The SMILES string of the molecule is CCCCNC(=O)CCN(c1nc(Cc2ccc(C)cc2)ns1)C(C)CC. The lowest BCUT2D eigenvalue weighted by molar-refractivity contribution is -0.120. The van der Waals surface area contributed by atoms with Gasteiger partial charge in [0.05, 0.1) is 0 Å². The van der Waals surface area contributed by atoms with E-state index >= 15 is 0 Å². The van der Waals surface area contributed by atoms with Gasteiger partial charge in [0.2, 0.25) is 11.0 Å². The molecule has 1 N–H and O–H groups in total. The number of unbranched alkanes of at least 4 members (excludes halogenated alkanes) is 1. The Balaban J connectivity index is 1.98. The first-order chi connectivity index (χ1) is 13.0. The number of amides is 1. The smallest absolute Gasteiger partial charge is 0.221 e. The molecule has 1 heterocycles. The number of nitrogens with one attached hydrogen (secondary N) is 1. The Morgan fingerprint density at radius 1 is 1.26 bits per heavy atom. The standard InChI is InChI=1S/C21H32N4OS/c1-5-7-13-22-20(26)12-14-25(17(4)6-2)21-23-19(24-27-21)15-18-10-8-16(3)9-11-18/h8-11,17H,5-7,12-15H2,1-4H3,(H,22,26). The van der Waals surface area contributed by atoms with Crippen molar-refractivity contribution in [3.8, 4) is 0 Å². The second-order valence-electron chi connectivity index (χ2n) is 7.06. The summed E-state index contributed by atoms with van der Waals surface area (Å²) < 4.78 is 4.55. The molecule has 0 aliphatic carbocycles. The molecule has 1 amide bonds. The van der Waals surface area contributed by atoms with Crippen molar-refractivity contribution in [3.05, 3.63) is 41.2 Å². The molecule has 0 saturated heterocycles. The summed E-state index contributed by atoms with van der Waals surface area (Å²) in [4.78, 5) is 19.0. The van der Waals surface area contributed by atoms with Gasteiger partial charge >= 0.3 is 0 Å². The highest BCUT2D eigenvalue weighted by Crippen LogP contribution is 2.22. The summed E-state index contributed by atoms with van der Waals surface area (Å²) in [5.41, 5.74) is 2.47. The van der Waals surface area contributed by atoms with Crippen LogP contribution in [-0.2, 0) is 11.2 Å². The third-order valence-electron chi connectivity index (χ3n) is 4.74. The van der Waals surface area contributed by atoms with E-state index in [1.165, 1.54) is 22.7 Å². The van der Waals surface area contributed by atoms with Crippen molar-refractivity contribution in [2.24, 2.45) is 0 Å². The van der Waals surface area contributed by atoms with Crippen LogP contribution in [0.3, 0.4) is 0 Å². The van der Waals surface area contributed by atoms with Crippen LogP contribution in [0.4, 0.5) is 5.13 Å². The van der Waals surface area contributed by atoms with Gasteiger partial charge in [-0.15, -0.1) is 0 Å². The summed E-state index contributed by atoms with van der Waals surface area (Å²) in [5, 5.41) is 3.90. The highest BCUT2D eigenvalue weighted by atomic mass is 32.1. The Morgan fingerprint density at radius 2 is 2.00 bits per heavy atom. The van der Waals surface area contributed by atoms with E-state index in [1.54, 1.807) is 0 Å². The average Bonchev–Trinajstić information content (AvgIpc) is 3.12. The maximum absolute atomic E-state index is 12.1. The third kappa shape index (κ3) is 6.94. The van der Waals surface area contributed by atoms with Crippen LogP contribution < -0.4 is 10.2 Å². The normalized spacial score (nSPS) is 12.0. The summed E-state index contributed by atoms with van der Waals surface area (Å²) in [7, 11) is 0. The predicted molar refractivity (Wildman–Crippen MR) is 114 cm³/mol. The Kier molecular flexibility index (Phi) is 8.72. The number of carbonyl (C=O) groups is 1. The van der Waals surface area contributed by atoms with Gasteiger partial charge in [0.1, 0.15) is 5.82 Å². The zero-order valence-electron chi connectivity index (χ0n) is 17.0. The molecule has 2 rings (SSSR count). The lowest BCUT2D eigenvalue weighted by Crippen LogP contribution is -2.36. The molecular weight excluding hydrogens is 356 g/mol. The number of anilines is 1. The van der Waals surface area contributed by atoms with Gasteiger partial charge in [0, 0.05) is 43.5 Å². The van der Waals surface area contributed by atoms with Crippen LogP contribution >= 0.6 is 11.5 Å². The number of benzene rings is 1. The molecule has 0 aliphatic rings. The number of aromatic nitrogens is 2. The molecule has 0 saturated carbocycles. The molecule has 0 aliphatic heterocycles. The second kappa shape index (κ2) is 11.0. The molecule has 1 aromatic carbocycles. The minimum atomic E-state index is 0.112. The first kappa shape index (κ1) is 21.4. The molecule has 1 atom stereocenters. The van der Waals surface area contributed by atoms with E-state index < -0.39 is 0 Å². The Hall–Kier alpha value is -1.95. The summed E-state index contributed by atoms with van der Waals surface area (Å²) in [6.07, 6.45) is 4.35. The average molecular weight is 389 g/mol. The lowest BCUT2D eigenvalue weighted by atomic mass is 10.1. The van der Waals surface area contributed by atoms with Crippen LogP contribution in [0.5, 0.6) is 0 Å². The summed E-state index contributed by atoms with van der Waals surface area (Å²) in [6, 6.07) is 8.82. The van der Waals surface area contributed by atoms with Crippen LogP contribution in [0.15, 0.2) is 24.3 Å². The highest BCUT2D eigenvalue weighted by Gasteiger charge is 2.19. The molecule has 0 radical (unpaired) electrons. The number of aryl methyl sites for hydroxylation is 1. The molecule has 6 heteroatoms. The van der Waals surface area contributed by atoms with E-state index in [0.29, 0.717) is 19.0 Å². The molecular formula is C21H32N4OS. The topological polar surface area (TPSA) is 58.1 Å². The van der Waals surface area contributed by atoms with Gasteiger partial charge in [-0.2, -0.15) is 4.37 Å². The molecule has 5 nitrogen and oxygen atoms in total. The first-order valence-electron chi connectivity index (χ1n) is 9.95. The lowest BCUT2D eigenvalue weighted by Gasteiger charge is -2.27. The monoisotopic (exact) mass is 388 g/mol. The zero-order valence-corrected chi connectivity index (χ0v) is 17.8. The van der Waals surface area contributed by atoms with E-state index in [1.807, 2.05) is 0 Å². The van der Waals surface area contributed by atoms with Crippen molar-refractivity contribution >= 4 is 22.6 Å². The minimum absolute atomic E-state index is 0.112. The predicted octanol–water partition coefficient (Wildman–Crippen LogP) is 4.35. The Morgan fingerprint density at radius 3 is 2.67 bits per heavy atom. The summed E-state index contributed by atoms with van der Waals surface area (Å²) in [5.74, 6) is 0.959. The van der Waals surface area contributed by atoms with Crippen molar-refractivity contribution in [1.29, 1.82) is 0 Å². The summed E-state index contributed by atoms with van der Waals surface area (Å²) >= 11 is 1.43. The molecule has 148 valence electrons. The van der Waals surface area contributed by atoms with Crippen molar-refractivity contribution < 1.29 is 4.79 Å². The Bertz CT molecular complexity index is 698. The fraction of sp³-hybridized carbons (Fsp3) is 0.571. The number of carbonyl (C=O) groups excluding carboxylic acids is 1. The van der Waals surface area contributed by atoms with Crippen LogP contribution in [0, 0.1) is 6.92 Å². The van der Waals surface area contributed by atoms with Gasteiger partial charge in [-0.3, -0.25) is 4.79 Å². The number of hydrogen-bond donors (Lipinski definition) is 1. The van der Waals surface area contributed by atoms with Crippen molar-refractivity contribution in [1.82, 2.24) is 14.7 Å². The van der Waals surface area contributed by atoms with Crippen LogP contribution in [-0.4, -0.2) is 34.4 Å². The van der Waals surface area contributed by atoms with Gasteiger partial charge in [0.25, 0.3) is 0 Å². The minimum Gasteiger partial charge on any atom is -0.356 e. The quantitative estimate of drug-likeness (QED) is 0.582. The highest BCUT2D eigenvalue weighted by molar-refractivity contribution is 7.09. The molecule has 1 aromatic heterocycles. The number of nitrogens with zero attached hydrogens (tertiary/aromatic N) is 3. The van der Waals surface area contributed by atoms with Crippen molar-refractivity contribution in [2.75, 3.05) is 18.0 Å². The van der Waals surface area contributed by atoms with E-state index in [4.69, 9.17) is 4.98 Å². The number of rotatable bonds is 11. The largest absolute Gasteiger partial charge is 0.356 e. The van der Waals surface area contributed by atoms with E-state index in [0.717, 1.165) is 43.2 Å². The van der Waals surface area contributed by atoms with Gasteiger partial charge < -0.3 is 10.2 Å². The molecule has 0 bridgehead atoms.